The number of rotatable bonds is 5. The van der Waals surface area contributed by atoms with E-state index in [0.717, 1.165) is 10.6 Å². The summed E-state index contributed by atoms with van der Waals surface area (Å²) in [5.41, 5.74) is 6.76. The van der Waals surface area contributed by atoms with Crippen molar-refractivity contribution in [1.82, 2.24) is 10.2 Å². The molecule has 5 nitrogen and oxygen atoms in total. The molecule has 22 heavy (non-hydrogen) atoms. The highest BCUT2D eigenvalue weighted by Crippen LogP contribution is 2.20. The third-order valence-corrected chi connectivity index (χ3v) is 4.22. The van der Waals surface area contributed by atoms with Crippen LogP contribution in [0.4, 0.5) is 5.13 Å². The van der Waals surface area contributed by atoms with Gasteiger partial charge in [0.1, 0.15) is 5.01 Å². The summed E-state index contributed by atoms with van der Waals surface area (Å²) in [7, 11) is 0. The number of nitrogens with one attached hydrogen (secondary N) is 1. The molecule has 2 unspecified atom stereocenters. The summed E-state index contributed by atoms with van der Waals surface area (Å²) >= 11 is 7.30. The number of anilines is 1. The number of hydrogen-bond acceptors (Lipinski definition) is 5. The number of nitrogens with two attached hydrogens (primary N) is 1. The number of benzene rings is 1. The van der Waals surface area contributed by atoms with Crippen LogP contribution in [0.1, 0.15) is 24.4 Å². The Hall–Kier alpha value is -1.21. The number of carbonyl (C=O) groups is 1. The molecule has 0 aliphatic heterocycles. The second kappa shape index (κ2) is 8.43. The molecule has 0 spiro atoms. The van der Waals surface area contributed by atoms with E-state index in [0.29, 0.717) is 16.6 Å². The summed E-state index contributed by atoms with van der Waals surface area (Å²) in [4.78, 5) is 11.9. The quantitative estimate of drug-likeness (QED) is 0.857. The first-order valence-corrected chi connectivity index (χ1v) is 7.78. The number of halogens is 2. The van der Waals surface area contributed by atoms with Crippen LogP contribution in [0, 0.1) is 5.92 Å². The van der Waals surface area contributed by atoms with Gasteiger partial charge in [-0.1, -0.05) is 42.0 Å². The summed E-state index contributed by atoms with van der Waals surface area (Å²) in [6, 6.07) is 7.38. The van der Waals surface area contributed by atoms with Crippen molar-refractivity contribution in [2.24, 2.45) is 11.7 Å². The van der Waals surface area contributed by atoms with Crippen LogP contribution >= 0.6 is 35.3 Å². The van der Waals surface area contributed by atoms with Gasteiger partial charge in [0, 0.05) is 17.5 Å². The Morgan fingerprint density at radius 2 is 2.14 bits per heavy atom. The molecule has 2 aromatic rings. The minimum absolute atomic E-state index is 0. The van der Waals surface area contributed by atoms with E-state index >= 15 is 0 Å². The highest BCUT2D eigenvalue weighted by molar-refractivity contribution is 7.15. The zero-order valence-corrected chi connectivity index (χ0v) is 14.6. The molecule has 1 heterocycles. The third-order valence-electron chi connectivity index (χ3n) is 3.14. The topological polar surface area (TPSA) is 80.9 Å². The monoisotopic (exact) mass is 360 g/mol. The fraction of sp³-hybridized carbons (Fsp3) is 0.357. The summed E-state index contributed by atoms with van der Waals surface area (Å²) < 4.78 is 0. The van der Waals surface area contributed by atoms with Gasteiger partial charge in [-0.15, -0.1) is 22.6 Å². The first-order valence-electron chi connectivity index (χ1n) is 6.59. The van der Waals surface area contributed by atoms with E-state index in [-0.39, 0.29) is 30.3 Å². The normalized spacial score (nSPS) is 13.1. The smallest absolute Gasteiger partial charge is 0.230 e. The van der Waals surface area contributed by atoms with Gasteiger partial charge in [-0.05, 0) is 24.6 Å². The van der Waals surface area contributed by atoms with Crippen LogP contribution in [-0.2, 0) is 11.2 Å². The van der Waals surface area contributed by atoms with Crippen LogP contribution in [0.25, 0.3) is 0 Å². The van der Waals surface area contributed by atoms with Crippen LogP contribution < -0.4 is 11.1 Å². The van der Waals surface area contributed by atoms with Crippen molar-refractivity contribution in [3.8, 4) is 0 Å². The molecular formula is C14H18Cl2N4OS. The van der Waals surface area contributed by atoms with Crippen molar-refractivity contribution in [3.05, 3.63) is 39.9 Å². The fourth-order valence-corrected chi connectivity index (χ4v) is 2.64. The molecule has 1 aromatic carbocycles. The van der Waals surface area contributed by atoms with Crippen molar-refractivity contribution in [2.45, 2.75) is 26.3 Å². The van der Waals surface area contributed by atoms with Gasteiger partial charge < -0.3 is 11.1 Å². The molecule has 0 saturated heterocycles. The van der Waals surface area contributed by atoms with Crippen LogP contribution in [0.5, 0.6) is 0 Å². The standard InChI is InChI=1S/C14H17ClN4OS.ClH/c1-8(9(2)16)13(20)17-14-19-18-12(21-14)7-10-4-3-5-11(15)6-10;/h3-6,8-9H,7,16H2,1-2H3,(H,17,19,20);1H. The maximum absolute atomic E-state index is 11.9. The lowest BCUT2D eigenvalue weighted by molar-refractivity contribution is -0.119. The highest BCUT2D eigenvalue weighted by Gasteiger charge is 2.18. The molecule has 2 atom stereocenters. The van der Waals surface area contributed by atoms with Gasteiger partial charge in [0.15, 0.2) is 0 Å². The molecule has 0 radical (unpaired) electrons. The molecule has 2 rings (SSSR count). The number of nitrogens with zero attached hydrogens (tertiary/aromatic N) is 2. The molecule has 3 N–H and O–H groups in total. The SMILES string of the molecule is CC(N)C(C)C(=O)Nc1nnc(Cc2cccc(Cl)c2)s1.Cl. The van der Waals surface area contributed by atoms with Crippen LogP contribution in [0.15, 0.2) is 24.3 Å². The molecule has 0 saturated carbocycles. The summed E-state index contributed by atoms with van der Waals surface area (Å²) in [6.45, 7) is 3.59. The predicted octanol–water partition coefficient (Wildman–Crippen LogP) is 3.13. The van der Waals surface area contributed by atoms with E-state index < -0.39 is 0 Å². The van der Waals surface area contributed by atoms with Gasteiger partial charge in [-0.3, -0.25) is 4.79 Å². The van der Waals surface area contributed by atoms with E-state index in [1.165, 1.54) is 11.3 Å². The van der Waals surface area contributed by atoms with Gasteiger partial charge in [-0.2, -0.15) is 0 Å². The van der Waals surface area contributed by atoms with Crippen LogP contribution in [0.3, 0.4) is 0 Å². The Bertz CT molecular complexity index is 633. The number of hydrogen-bond donors (Lipinski definition) is 2. The summed E-state index contributed by atoms with van der Waals surface area (Å²) in [5.74, 6) is -0.416. The number of amides is 1. The lowest BCUT2D eigenvalue weighted by Crippen LogP contribution is -2.34. The van der Waals surface area contributed by atoms with E-state index in [2.05, 4.69) is 15.5 Å². The Morgan fingerprint density at radius 3 is 2.77 bits per heavy atom. The largest absolute Gasteiger partial charge is 0.327 e. The van der Waals surface area contributed by atoms with Crippen molar-refractivity contribution >= 4 is 46.4 Å². The number of carbonyl (C=O) groups excluding carboxylic acids is 1. The van der Waals surface area contributed by atoms with Gasteiger partial charge in [-0.25, -0.2) is 0 Å². The molecule has 1 aromatic heterocycles. The van der Waals surface area contributed by atoms with Gasteiger partial charge in [0.2, 0.25) is 11.0 Å². The Kier molecular flexibility index (Phi) is 7.22. The second-order valence-corrected chi connectivity index (χ2v) is 6.44. The summed E-state index contributed by atoms with van der Waals surface area (Å²) in [5, 5.41) is 12.8. The average molecular weight is 361 g/mol. The van der Waals surface area contributed by atoms with E-state index in [9.17, 15) is 4.79 Å². The van der Waals surface area contributed by atoms with Crippen molar-refractivity contribution in [3.63, 3.8) is 0 Å². The van der Waals surface area contributed by atoms with Crippen molar-refractivity contribution in [2.75, 3.05) is 5.32 Å². The van der Waals surface area contributed by atoms with Crippen LogP contribution in [0.2, 0.25) is 5.02 Å². The molecule has 120 valence electrons. The fourth-order valence-electron chi connectivity index (χ4n) is 1.66. The van der Waals surface area contributed by atoms with E-state index in [4.69, 9.17) is 17.3 Å². The van der Waals surface area contributed by atoms with Crippen molar-refractivity contribution in [1.29, 1.82) is 0 Å². The number of aromatic nitrogens is 2. The lowest BCUT2D eigenvalue weighted by atomic mass is 10.0. The van der Waals surface area contributed by atoms with E-state index in [1.807, 2.05) is 24.3 Å². The highest BCUT2D eigenvalue weighted by atomic mass is 35.5. The summed E-state index contributed by atoms with van der Waals surface area (Å²) in [6.07, 6.45) is 0.636. The maximum atomic E-state index is 11.9. The molecule has 0 fully saturated rings. The minimum Gasteiger partial charge on any atom is -0.327 e. The van der Waals surface area contributed by atoms with Gasteiger partial charge >= 0.3 is 0 Å². The van der Waals surface area contributed by atoms with Crippen LogP contribution in [-0.4, -0.2) is 22.1 Å². The second-order valence-electron chi connectivity index (χ2n) is 4.94. The van der Waals surface area contributed by atoms with E-state index in [1.54, 1.807) is 13.8 Å². The Labute approximate surface area is 144 Å². The predicted molar refractivity (Wildman–Crippen MR) is 92.9 cm³/mol. The molecular weight excluding hydrogens is 343 g/mol. The zero-order valence-electron chi connectivity index (χ0n) is 12.2. The maximum Gasteiger partial charge on any atom is 0.230 e. The first kappa shape index (κ1) is 18.8. The van der Waals surface area contributed by atoms with Gasteiger partial charge in [0.05, 0.1) is 5.92 Å². The molecule has 0 aliphatic rings. The molecule has 0 aliphatic carbocycles. The first-order chi connectivity index (χ1) is 9.95. The Morgan fingerprint density at radius 1 is 1.41 bits per heavy atom. The van der Waals surface area contributed by atoms with Crippen molar-refractivity contribution < 1.29 is 4.79 Å². The average Bonchev–Trinajstić information content (AvgIpc) is 2.84. The molecule has 0 bridgehead atoms. The molecule has 1 amide bonds. The van der Waals surface area contributed by atoms with Gasteiger partial charge in [0.25, 0.3) is 0 Å². The molecule has 8 heteroatoms. The lowest BCUT2D eigenvalue weighted by Gasteiger charge is -2.13. The third kappa shape index (κ3) is 5.21. The Balaban J connectivity index is 0.00000242. The minimum atomic E-state index is -0.273. The zero-order chi connectivity index (χ0) is 15.4.